The van der Waals surface area contributed by atoms with Crippen molar-refractivity contribution in [2.45, 2.75) is 32.4 Å². The molecule has 4 nitrogen and oxygen atoms in total. The fourth-order valence-electron chi connectivity index (χ4n) is 0.816. The van der Waals surface area contributed by atoms with Gasteiger partial charge < -0.3 is 15.3 Å². The second-order valence-corrected chi connectivity index (χ2v) is 3.55. The maximum atomic E-state index is 9.59. The molecular weight excluding hydrogens is 156 g/mol. The van der Waals surface area contributed by atoms with Crippen LogP contribution in [0.25, 0.3) is 0 Å². The molecule has 0 aromatic carbocycles. The van der Waals surface area contributed by atoms with E-state index < -0.39 is 11.6 Å². The Morgan fingerprint density at radius 3 is 2.58 bits per heavy atom. The summed E-state index contributed by atoms with van der Waals surface area (Å²) in [6.45, 7) is 5.23. The highest BCUT2D eigenvalue weighted by atomic mass is 16.4. The van der Waals surface area contributed by atoms with Gasteiger partial charge in [0.2, 0.25) is 5.89 Å². The third kappa shape index (κ3) is 1.84. The molecule has 1 rings (SSSR count). The molecule has 68 valence electrons. The summed E-state index contributed by atoms with van der Waals surface area (Å²) in [6.07, 6.45) is 0.635. The molecule has 0 amide bonds. The van der Waals surface area contributed by atoms with Crippen molar-refractivity contribution < 1.29 is 9.52 Å². The maximum absolute atomic E-state index is 9.59. The molecule has 0 aliphatic rings. The van der Waals surface area contributed by atoms with E-state index >= 15 is 0 Å². The zero-order chi connectivity index (χ0) is 9.35. The topological polar surface area (TPSA) is 72.3 Å². The molecular formula is C8H14N2O2. The van der Waals surface area contributed by atoms with Crippen LogP contribution < -0.4 is 5.73 Å². The third-order valence-electron chi connectivity index (χ3n) is 1.58. The largest absolute Gasteiger partial charge is 0.446 e. The lowest BCUT2D eigenvalue weighted by Gasteiger charge is -2.22. The smallest absolute Gasteiger partial charge is 0.225 e. The van der Waals surface area contributed by atoms with Gasteiger partial charge in [0.05, 0.1) is 5.69 Å². The molecule has 3 N–H and O–H groups in total. The molecule has 0 saturated heterocycles. The predicted molar refractivity (Wildman–Crippen MR) is 44.5 cm³/mol. The first-order valence-electron chi connectivity index (χ1n) is 3.80. The molecule has 0 radical (unpaired) electrons. The van der Waals surface area contributed by atoms with Gasteiger partial charge in [-0.05, 0) is 20.8 Å². The summed E-state index contributed by atoms with van der Waals surface area (Å²) in [4.78, 5) is 3.98. The van der Waals surface area contributed by atoms with Gasteiger partial charge in [0.1, 0.15) is 12.4 Å². The number of hydrogen-bond acceptors (Lipinski definition) is 4. The lowest BCUT2D eigenvalue weighted by molar-refractivity contribution is 0.0773. The SMILES string of the molecule is Cc1coc(C(O)C(C)(C)N)n1. The van der Waals surface area contributed by atoms with Crippen molar-refractivity contribution in [3.05, 3.63) is 17.8 Å². The van der Waals surface area contributed by atoms with Crippen LogP contribution in [0.1, 0.15) is 31.5 Å². The Morgan fingerprint density at radius 1 is 1.67 bits per heavy atom. The van der Waals surface area contributed by atoms with E-state index in [2.05, 4.69) is 4.98 Å². The molecule has 0 spiro atoms. The van der Waals surface area contributed by atoms with Gasteiger partial charge in [-0.25, -0.2) is 4.98 Å². The van der Waals surface area contributed by atoms with E-state index in [4.69, 9.17) is 10.2 Å². The summed E-state index contributed by atoms with van der Waals surface area (Å²) in [7, 11) is 0. The van der Waals surface area contributed by atoms with Crippen LogP contribution in [0, 0.1) is 6.92 Å². The molecule has 0 bridgehead atoms. The number of aliphatic hydroxyl groups is 1. The molecule has 0 aliphatic heterocycles. The van der Waals surface area contributed by atoms with E-state index in [1.807, 2.05) is 0 Å². The Kier molecular flexibility index (Phi) is 2.21. The predicted octanol–water partition coefficient (Wildman–Crippen LogP) is 0.754. The van der Waals surface area contributed by atoms with Crippen LogP contribution >= 0.6 is 0 Å². The summed E-state index contributed by atoms with van der Waals surface area (Å²) in [6, 6.07) is 0. The Labute approximate surface area is 71.4 Å². The Bertz CT molecular complexity index is 262. The van der Waals surface area contributed by atoms with Crippen molar-refractivity contribution in [3.63, 3.8) is 0 Å². The van der Waals surface area contributed by atoms with Gasteiger partial charge in [0.25, 0.3) is 0 Å². The van der Waals surface area contributed by atoms with Crippen molar-refractivity contribution in [2.24, 2.45) is 5.73 Å². The Morgan fingerprint density at radius 2 is 2.25 bits per heavy atom. The van der Waals surface area contributed by atoms with Gasteiger partial charge in [-0.15, -0.1) is 0 Å². The molecule has 1 heterocycles. The van der Waals surface area contributed by atoms with E-state index in [1.165, 1.54) is 6.26 Å². The first-order chi connectivity index (χ1) is 5.41. The number of aliphatic hydroxyl groups excluding tert-OH is 1. The minimum Gasteiger partial charge on any atom is -0.446 e. The van der Waals surface area contributed by atoms with Gasteiger partial charge in [0.15, 0.2) is 0 Å². The van der Waals surface area contributed by atoms with E-state index in [1.54, 1.807) is 20.8 Å². The molecule has 12 heavy (non-hydrogen) atoms. The van der Waals surface area contributed by atoms with Gasteiger partial charge in [-0.1, -0.05) is 0 Å². The standard InChI is InChI=1S/C8H14N2O2/c1-5-4-12-7(10-5)6(11)8(2,3)9/h4,6,11H,9H2,1-3H3. The van der Waals surface area contributed by atoms with Gasteiger partial charge in [-0.3, -0.25) is 0 Å². The molecule has 1 aromatic rings. The molecule has 0 aliphatic carbocycles. The van der Waals surface area contributed by atoms with Crippen LogP contribution in [-0.2, 0) is 0 Å². The van der Waals surface area contributed by atoms with Crippen molar-refractivity contribution >= 4 is 0 Å². The van der Waals surface area contributed by atoms with Gasteiger partial charge >= 0.3 is 0 Å². The van der Waals surface area contributed by atoms with Crippen molar-refractivity contribution in [3.8, 4) is 0 Å². The number of oxazole rings is 1. The number of nitrogens with zero attached hydrogens (tertiary/aromatic N) is 1. The summed E-state index contributed by atoms with van der Waals surface area (Å²) < 4.78 is 5.01. The van der Waals surface area contributed by atoms with E-state index in [-0.39, 0.29) is 5.89 Å². The first kappa shape index (κ1) is 9.22. The van der Waals surface area contributed by atoms with Crippen LogP contribution in [0.4, 0.5) is 0 Å². The highest BCUT2D eigenvalue weighted by Crippen LogP contribution is 2.21. The summed E-state index contributed by atoms with van der Waals surface area (Å²) in [5.74, 6) is 0.278. The molecule has 1 unspecified atom stereocenters. The number of aromatic nitrogens is 1. The zero-order valence-electron chi connectivity index (χ0n) is 7.53. The van der Waals surface area contributed by atoms with Gasteiger partial charge in [0, 0.05) is 5.54 Å². The van der Waals surface area contributed by atoms with Crippen LogP contribution in [0.5, 0.6) is 0 Å². The lowest BCUT2D eigenvalue weighted by atomic mass is 9.99. The maximum Gasteiger partial charge on any atom is 0.225 e. The van der Waals surface area contributed by atoms with E-state index in [9.17, 15) is 5.11 Å². The van der Waals surface area contributed by atoms with Crippen LogP contribution in [0.15, 0.2) is 10.7 Å². The van der Waals surface area contributed by atoms with Crippen LogP contribution in [-0.4, -0.2) is 15.6 Å². The fraction of sp³-hybridized carbons (Fsp3) is 0.625. The molecule has 0 fully saturated rings. The minimum atomic E-state index is -0.855. The monoisotopic (exact) mass is 170 g/mol. The average molecular weight is 170 g/mol. The molecule has 1 atom stereocenters. The van der Waals surface area contributed by atoms with Crippen molar-refractivity contribution in [1.29, 1.82) is 0 Å². The zero-order valence-corrected chi connectivity index (χ0v) is 7.53. The Balaban J connectivity index is 2.85. The van der Waals surface area contributed by atoms with Gasteiger partial charge in [-0.2, -0.15) is 0 Å². The van der Waals surface area contributed by atoms with Crippen LogP contribution in [0.2, 0.25) is 0 Å². The quantitative estimate of drug-likeness (QED) is 0.687. The minimum absolute atomic E-state index is 0.278. The summed E-state index contributed by atoms with van der Waals surface area (Å²) in [5, 5.41) is 9.59. The van der Waals surface area contributed by atoms with Crippen LogP contribution in [0.3, 0.4) is 0 Å². The lowest BCUT2D eigenvalue weighted by Crippen LogP contribution is -2.39. The summed E-state index contributed by atoms with van der Waals surface area (Å²) >= 11 is 0. The number of rotatable bonds is 2. The van der Waals surface area contributed by atoms with Crippen molar-refractivity contribution in [1.82, 2.24) is 4.98 Å². The number of nitrogens with two attached hydrogens (primary N) is 1. The van der Waals surface area contributed by atoms with Crippen molar-refractivity contribution in [2.75, 3.05) is 0 Å². The number of aryl methyl sites for hydroxylation is 1. The fourth-order valence-corrected chi connectivity index (χ4v) is 0.816. The van der Waals surface area contributed by atoms with E-state index in [0.29, 0.717) is 0 Å². The average Bonchev–Trinajstić information content (AvgIpc) is 2.32. The summed E-state index contributed by atoms with van der Waals surface area (Å²) in [5.41, 5.74) is 5.69. The third-order valence-corrected chi connectivity index (χ3v) is 1.58. The molecule has 0 saturated carbocycles. The Hall–Kier alpha value is -0.870. The second-order valence-electron chi connectivity index (χ2n) is 3.55. The molecule has 1 aromatic heterocycles. The molecule has 4 heteroatoms. The second kappa shape index (κ2) is 2.88. The number of hydrogen-bond donors (Lipinski definition) is 2. The highest BCUT2D eigenvalue weighted by Gasteiger charge is 2.28. The highest BCUT2D eigenvalue weighted by molar-refractivity contribution is 5.00. The first-order valence-corrected chi connectivity index (χ1v) is 3.80. The van der Waals surface area contributed by atoms with E-state index in [0.717, 1.165) is 5.69 Å². The normalized spacial score (nSPS) is 14.8.